The molecule has 1 amide bonds. The molecule has 7 heteroatoms. The van der Waals surface area contributed by atoms with Gasteiger partial charge in [-0.2, -0.15) is 0 Å². The van der Waals surface area contributed by atoms with Gasteiger partial charge in [-0.15, -0.1) is 0 Å². The Morgan fingerprint density at radius 1 is 1.00 bits per heavy atom. The number of hydrogen-bond acceptors (Lipinski definition) is 5. The van der Waals surface area contributed by atoms with Gasteiger partial charge < -0.3 is 24.8 Å². The van der Waals surface area contributed by atoms with Crippen LogP contribution in [0.3, 0.4) is 0 Å². The molecular formula is C32H49FN2O4. The van der Waals surface area contributed by atoms with E-state index in [1.165, 1.54) is 55.4 Å². The van der Waals surface area contributed by atoms with Crippen molar-refractivity contribution < 1.29 is 23.4 Å². The van der Waals surface area contributed by atoms with E-state index in [-0.39, 0.29) is 17.3 Å². The largest absolute Gasteiger partial charge is 0.491 e. The summed E-state index contributed by atoms with van der Waals surface area (Å²) < 4.78 is 28.4. The molecule has 2 aromatic rings. The topological polar surface area (TPSA) is 68.8 Å². The highest BCUT2D eigenvalue weighted by Gasteiger charge is 2.33. The van der Waals surface area contributed by atoms with Crippen molar-refractivity contribution in [3.63, 3.8) is 0 Å². The second-order valence-corrected chi connectivity index (χ2v) is 10.6. The third-order valence-corrected chi connectivity index (χ3v) is 6.95. The number of hydrogen-bond donors (Lipinski definition) is 2. The number of methoxy groups -OCH3 is 1. The van der Waals surface area contributed by atoms with E-state index in [1.54, 1.807) is 20.1 Å². The minimum Gasteiger partial charge on any atom is -0.491 e. The Labute approximate surface area is 235 Å². The van der Waals surface area contributed by atoms with Crippen LogP contribution >= 0.6 is 0 Å². The minimum absolute atomic E-state index is 0.0574. The van der Waals surface area contributed by atoms with Crippen LogP contribution in [0.2, 0.25) is 0 Å². The van der Waals surface area contributed by atoms with Gasteiger partial charge in [0.15, 0.2) is 0 Å². The average Bonchev–Trinajstić information content (AvgIpc) is 2.91. The van der Waals surface area contributed by atoms with Gasteiger partial charge in [-0.1, -0.05) is 57.4 Å². The molecule has 0 atom stereocenters. The zero-order chi connectivity index (χ0) is 28.5. The summed E-state index contributed by atoms with van der Waals surface area (Å²) in [7, 11) is 1.62. The lowest BCUT2D eigenvalue weighted by molar-refractivity contribution is -0.118. The maximum absolute atomic E-state index is 13.0. The first-order chi connectivity index (χ1) is 18.8. The van der Waals surface area contributed by atoms with Crippen LogP contribution < -0.4 is 15.4 Å². The van der Waals surface area contributed by atoms with Gasteiger partial charge in [0.05, 0.1) is 19.8 Å². The molecular weight excluding hydrogens is 495 g/mol. The standard InChI is InChI=1S/C20H32N2O.C12H17FO3/c1-16(2)18-9-7-10-19(15-18)20(11-5-4-6-12-20)22-14-8-13-21-17(3)23;1-10-7-11(13)9-12(8-10)16-6-5-15-4-3-14-2/h7,9-10,15-16,22H,4-6,8,11-14H2,1-3H3,(H,21,23);7-9H,3-6H2,1-2H3. The average molecular weight is 545 g/mol. The predicted molar refractivity (Wildman–Crippen MR) is 156 cm³/mol. The monoisotopic (exact) mass is 544 g/mol. The molecule has 1 saturated carbocycles. The molecule has 218 valence electrons. The molecule has 1 aliphatic rings. The van der Waals surface area contributed by atoms with Crippen molar-refractivity contribution in [2.45, 2.75) is 77.7 Å². The highest BCUT2D eigenvalue weighted by Crippen LogP contribution is 2.38. The van der Waals surface area contributed by atoms with Crippen molar-refractivity contribution in [3.05, 3.63) is 65.0 Å². The van der Waals surface area contributed by atoms with E-state index >= 15 is 0 Å². The van der Waals surface area contributed by atoms with E-state index in [0.717, 1.165) is 25.1 Å². The van der Waals surface area contributed by atoms with Gasteiger partial charge in [-0.25, -0.2) is 4.39 Å². The van der Waals surface area contributed by atoms with Gasteiger partial charge in [0.1, 0.15) is 18.2 Å². The van der Waals surface area contributed by atoms with E-state index in [1.807, 2.05) is 6.92 Å². The third kappa shape index (κ3) is 12.5. The van der Waals surface area contributed by atoms with Gasteiger partial charge in [0.25, 0.3) is 0 Å². The fourth-order valence-corrected chi connectivity index (χ4v) is 4.85. The van der Waals surface area contributed by atoms with Crippen molar-refractivity contribution in [1.82, 2.24) is 10.6 Å². The molecule has 39 heavy (non-hydrogen) atoms. The molecule has 3 rings (SSSR count). The van der Waals surface area contributed by atoms with E-state index in [2.05, 4.69) is 48.7 Å². The van der Waals surface area contributed by atoms with Crippen LogP contribution in [-0.2, 0) is 19.8 Å². The first-order valence-electron chi connectivity index (χ1n) is 14.3. The second kappa shape index (κ2) is 18.0. The summed E-state index contributed by atoms with van der Waals surface area (Å²) in [5.41, 5.74) is 3.84. The second-order valence-electron chi connectivity index (χ2n) is 10.6. The first-order valence-corrected chi connectivity index (χ1v) is 14.3. The van der Waals surface area contributed by atoms with E-state index in [9.17, 15) is 9.18 Å². The van der Waals surface area contributed by atoms with Crippen molar-refractivity contribution in [3.8, 4) is 5.75 Å². The molecule has 2 aromatic carbocycles. The zero-order valence-electron chi connectivity index (χ0n) is 24.6. The SMILES string of the molecule is CC(=O)NCCCNC1(c2cccc(C(C)C)c2)CCCCC1.COCCOCCOc1cc(C)cc(F)c1. The Morgan fingerprint density at radius 3 is 2.41 bits per heavy atom. The highest BCUT2D eigenvalue weighted by molar-refractivity contribution is 5.72. The van der Waals surface area contributed by atoms with Crippen molar-refractivity contribution in [1.29, 1.82) is 0 Å². The molecule has 0 heterocycles. The van der Waals surface area contributed by atoms with E-state index in [0.29, 0.717) is 38.1 Å². The van der Waals surface area contributed by atoms with Crippen LogP contribution in [0.1, 0.15) is 81.9 Å². The van der Waals surface area contributed by atoms with Crippen LogP contribution in [-0.4, -0.2) is 52.5 Å². The molecule has 2 N–H and O–H groups in total. The molecule has 0 bridgehead atoms. The molecule has 1 fully saturated rings. The Morgan fingerprint density at radius 2 is 1.74 bits per heavy atom. The van der Waals surface area contributed by atoms with Gasteiger partial charge in [0.2, 0.25) is 5.91 Å². The zero-order valence-corrected chi connectivity index (χ0v) is 24.6. The van der Waals surface area contributed by atoms with Gasteiger partial charge in [-0.3, -0.25) is 4.79 Å². The van der Waals surface area contributed by atoms with Gasteiger partial charge >= 0.3 is 0 Å². The van der Waals surface area contributed by atoms with Crippen molar-refractivity contribution in [2.75, 3.05) is 46.6 Å². The molecule has 1 aliphatic carbocycles. The molecule has 0 aliphatic heterocycles. The van der Waals surface area contributed by atoms with Crippen LogP contribution in [0.4, 0.5) is 4.39 Å². The van der Waals surface area contributed by atoms with Gasteiger partial charge in [0, 0.05) is 32.2 Å². The molecule has 0 radical (unpaired) electrons. The summed E-state index contributed by atoms with van der Waals surface area (Å²) in [6.45, 7) is 11.6. The number of carbonyl (C=O) groups is 1. The summed E-state index contributed by atoms with van der Waals surface area (Å²) in [6.07, 6.45) is 7.35. The number of rotatable bonds is 14. The summed E-state index contributed by atoms with van der Waals surface area (Å²) in [4.78, 5) is 11.0. The lowest BCUT2D eigenvalue weighted by Gasteiger charge is -2.39. The summed E-state index contributed by atoms with van der Waals surface area (Å²) in [5, 5.41) is 6.72. The minimum atomic E-state index is -0.282. The normalized spacial score (nSPS) is 14.4. The third-order valence-electron chi connectivity index (χ3n) is 6.95. The number of nitrogens with one attached hydrogen (secondary N) is 2. The van der Waals surface area contributed by atoms with E-state index in [4.69, 9.17) is 14.2 Å². The number of halogens is 1. The predicted octanol–water partition coefficient (Wildman–Crippen LogP) is 6.26. The van der Waals surface area contributed by atoms with Crippen LogP contribution in [0.15, 0.2) is 42.5 Å². The van der Waals surface area contributed by atoms with Crippen molar-refractivity contribution in [2.24, 2.45) is 0 Å². The summed E-state index contributed by atoms with van der Waals surface area (Å²) in [5.74, 6) is 0.875. The quantitative estimate of drug-likeness (QED) is 0.275. The number of aryl methyl sites for hydroxylation is 1. The lowest BCUT2D eigenvalue weighted by atomic mass is 9.75. The molecule has 0 unspecified atom stereocenters. The molecule has 0 spiro atoms. The lowest BCUT2D eigenvalue weighted by Crippen LogP contribution is -2.45. The Hall–Kier alpha value is -2.48. The maximum atomic E-state index is 13.0. The Bertz CT molecular complexity index is 956. The summed E-state index contributed by atoms with van der Waals surface area (Å²) in [6, 6.07) is 13.7. The molecule has 6 nitrogen and oxygen atoms in total. The molecule has 0 aromatic heterocycles. The van der Waals surface area contributed by atoms with Crippen LogP contribution in [0.5, 0.6) is 5.75 Å². The molecule has 0 saturated heterocycles. The smallest absolute Gasteiger partial charge is 0.216 e. The Balaban J connectivity index is 0.000000293. The number of ether oxygens (including phenoxy) is 3. The van der Waals surface area contributed by atoms with Crippen molar-refractivity contribution >= 4 is 5.91 Å². The number of amides is 1. The first kappa shape index (κ1) is 32.7. The fourth-order valence-electron chi connectivity index (χ4n) is 4.85. The Kier molecular flexibility index (Phi) is 15.1. The van der Waals surface area contributed by atoms with E-state index < -0.39 is 0 Å². The number of benzene rings is 2. The highest BCUT2D eigenvalue weighted by atomic mass is 19.1. The number of carbonyl (C=O) groups excluding carboxylic acids is 1. The summed E-state index contributed by atoms with van der Waals surface area (Å²) >= 11 is 0. The van der Waals surface area contributed by atoms with Crippen LogP contribution in [0.25, 0.3) is 0 Å². The van der Waals surface area contributed by atoms with Gasteiger partial charge in [-0.05, 0) is 67.5 Å². The van der Waals surface area contributed by atoms with Crippen LogP contribution in [0, 0.1) is 12.7 Å². The fraction of sp³-hybridized carbons (Fsp3) is 0.594. The maximum Gasteiger partial charge on any atom is 0.216 e.